The number of hydrogen-bond donors (Lipinski definition) is 2. The zero-order valence-electron chi connectivity index (χ0n) is 17.9. The molecule has 0 aliphatic heterocycles. The lowest BCUT2D eigenvalue weighted by Crippen LogP contribution is -2.47. The summed E-state index contributed by atoms with van der Waals surface area (Å²) >= 11 is 0. The number of hydrogen-bond acceptors (Lipinski definition) is 4. The fraction of sp³-hybridized carbons (Fsp3) is 0.762. The van der Waals surface area contributed by atoms with E-state index in [1.807, 2.05) is 19.1 Å². The maximum atomic E-state index is 12.2. The van der Waals surface area contributed by atoms with E-state index in [1.165, 1.54) is 0 Å². The maximum Gasteiger partial charge on any atom is 0.191 e. The molecule has 0 radical (unpaired) electrons. The Labute approximate surface area is 173 Å². The van der Waals surface area contributed by atoms with Crippen LogP contribution in [0.5, 0.6) is 0 Å². The van der Waals surface area contributed by atoms with Gasteiger partial charge >= 0.3 is 0 Å². The van der Waals surface area contributed by atoms with Gasteiger partial charge in [-0.2, -0.15) is 0 Å². The molecule has 1 aliphatic rings. The lowest BCUT2D eigenvalue weighted by atomic mass is 9.95. The molecule has 1 aliphatic carbocycles. The highest BCUT2D eigenvalue weighted by Crippen LogP contribution is 2.24. The van der Waals surface area contributed by atoms with Crippen LogP contribution in [0, 0.1) is 0 Å². The summed E-state index contributed by atoms with van der Waals surface area (Å²) in [7, 11) is -0.712. The molecule has 1 aromatic heterocycles. The first kappa shape index (κ1) is 22.9. The molecule has 1 saturated carbocycles. The van der Waals surface area contributed by atoms with Crippen molar-refractivity contribution in [1.82, 2.24) is 15.5 Å². The summed E-state index contributed by atoms with van der Waals surface area (Å²) in [5.41, 5.74) is 0. The summed E-state index contributed by atoms with van der Waals surface area (Å²) < 4.78 is 17.9. The molecule has 2 rings (SSSR count). The van der Waals surface area contributed by atoms with E-state index in [1.54, 1.807) is 6.26 Å². The molecule has 28 heavy (non-hydrogen) atoms. The first-order valence-electron chi connectivity index (χ1n) is 10.8. The van der Waals surface area contributed by atoms with Crippen molar-refractivity contribution in [3.8, 4) is 0 Å². The molecule has 4 atom stereocenters. The Morgan fingerprint density at radius 2 is 2.11 bits per heavy atom. The van der Waals surface area contributed by atoms with Gasteiger partial charge in [-0.05, 0) is 51.4 Å². The van der Waals surface area contributed by atoms with Crippen LogP contribution in [0.2, 0.25) is 0 Å². The highest BCUT2D eigenvalue weighted by atomic mass is 32.2. The summed E-state index contributed by atoms with van der Waals surface area (Å²) in [5.74, 6) is 2.55. The quantitative estimate of drug-likeness (QED) is 0.457. The van der Waals surface area contributed by atoms with E-state index in [9.17, 15) is 4.21 Å². The Balaban J connectivity index is 2.06. The molecule has 0 spiro atoms. The van der Waals surface area contributed by atoms with Crippen molar-refractivity contribution in [2.24, 2.45) is 4.99 Å². The van der Waals surface area contributed by atoms with Crippen LogP contribution in [0.4, 0.5) is 0 Å². The van der Waals surface area contributed by atoms with Gasteiger partial charge in [-0.1, -0.05) is 27.2 Å². The Hall–Kier alpha value is -1.34. The van der Waals surface area contributed by atoms with Crippen LogP contribution in [-0.4, -0.2) is 58.3 Å². The molecule has 0 bridgehead atoms. The molecule has 2 N–H and O–H groups in total. The van der Waals surface area contributed by atoms with Crippen LogP contribution >= 0.6 is 0 Å². The zero-order chi connectivity index (χ0) is 20.4. The summed E-state index contributed by atoms with van der Waals surface area (Å²) in [6.45, 7) is 11.8. The number of guanidine groups is 1. The molecule has 1 fully saturated rings. The van der Waals surface area contributed by atoms with Gasteiger partial charge in [0.25, 0.3) is 0 Å². The smallest absolute Gasteiger partial charge is 0.191 e. The van der Waals surface area contributed by atoms with Crippen molar-refractivity contribution >= 4 is 16.8 Å². The van der Waals surface area contributed by atoms with Crippen molar-refractivity contribution in [3.05, 3.63) is 24.2 Å². The summed E-state index contributed by atoms with van der Waals surface area (Å²) in [5, 5.41) is 7.29. The molecule has 160 valence electrons. The average molecular weight is 411 g/mol. The highest BCUT2D eigenvalue weighted by Gasteiger charge is 2.26. The van der Waals surface area contributed by atoms with Gasteiger partial charge in [0.2, 0.25) is 0 Å². The topological polar surface area (TPSA) is 69.9 Å². The normalized spacial score (nSPS) is 22.8. The second kappa shape index (κ2) is 12.3. The van der Waals surface area contributed by atoms with Gasteiger partial charge < -0.3 is 15.1 Å². The van der Waals surface area contributed by atoms with Gasteiger partial charge in [0, 0.05) is 34.4 Å². The average Bonchev–Trinajstić information content (AvgIpc) is 3.25. The van der Waals surface area contributed by atoms with Crippen LogP contribution < -0.4 is 10.6 Å². The van der Waals surface area contributed by atoms with E-state index in [-0.39, 0.29) is 6.04 Å². The van der Waals surface area contributed by atoms with Crippen molar-refractivity contribution in [2.75, 3.05) is 31.9 Å². The highest BCUT2D eigenvalue weighted by molar-refractivity contribution is 7.85. The molecule has 6 nitrogen and oxygen atoms in total. The van der Waals surface area contributed by atoms with Gasteiger partial charge in [0.15, 0.2) is 5.96 Å². The number of furan rings is 1. The second-order valence-corrected chi connectivity index (χ2v) is 9.28. The minimum absolute atomic E-state index is 0.132. The van der Waals surface area contributed by atoms with Gasteiger partial charge in [-0.15, -0.1) is 0 Å². The standard InChI is InChI=1S/C21H38N4O2S/c1-5-22-21(24-17-11-9-12-18(15-17)28(26)8-4)23-16-19(25(6-2)7-3)20-13-10-14-27-20/h10,13-14,17-19H,5-9,11-12,15-16H2,1-4H3,(H2,22,23,24). The van der Waals surface area contributed by atoms with Crippen LogP contribution in [-0.2, 0) is 10.8 Å². The fourth-order valence-electron chi connectivity index (χ4n) is 3.97. The monoisotopic (exact) mass is 410 g/mol. The third-order valence-electron chi connectivity index (χ3n) is 5.51. The summed E-state index contributed by atoms with van der Waals surface area (Å²) in [6, 6.07) is 4.44. The van der Waals surface area contributed by atoms with Gasteiger partial charge in [-0.25, -0.2) is 0 Å². The van der Waals surface area contributed by atoms with Crippen LogP contribution in [0.3, 0.4) is 0 Å². The van der Waals surface area contributed by atoms with E-state index < -0.39 is 10.8 Å². The molecular formula is C21H38N4O2S. The van der Waals surface area contributed by atoms with Gasteiger partial charge in [0.1, 0.15) is 5.76 Å². The maximum absolute atomic E-state index is 12.2. The minimum Gasteiger partial charge on any atom is -0.468 e. The second-order valence-electron chi connectivity index (χ2n) is 7.27. The molecule has 7 heteroatoms. The number of aliphatic imine (C=N–C) groups is 1. The fourth-order valence-corrected chi connectivity index (χ4v) is 5.32. The van der Waals surface area contributed by atoms with Crippen LogP contribution in [0.1, 0.15) is 65.2 Å². The SMILES string of the molecule is CCNC(=NCC(c1ccco1)N(CC)CC)NC1CCCC(S(=O)CC)C1. The van der Waals surface area contributed by atoms with Crippen molar-refractivity contribution in [1.29, 1.82) is 0 Å². The third kappa shape index (κ3) is 6.62. The van der Waals surface area contributed by atoms with Gasteiger partial charge in [0.05, 0.1) is 18.8 Å². The number of rotatable bonds is 10. The van der Waals surface area contributed by atoms with Crippen molar-refractivity contribution in [2.45, 2.75) is 70.7 Å². The summed E-state index contributed by atoms with van der Waals surface area (Å²) in [6.07, 6.45) is 6.01. The predicted octanol–water partition coefficient (Wildman–Crippen LogP) is 3.30. The lowest BCUT2D eigenvalue weighted by Gasteiger charge is -2.31. The van der Waals surface area contributed by atoms with E-state index in [2.05, 4.69) is 36.3 Å². The molecule has 0 aromatic carbocycles. The predicted molar refractivity (Wildman–Crippen MR) is 118 cm³/mol. The Morgan fingerprint density at radius 3 is 2.71 bits per heavy atom. The Kier molecular flexibility index (Phi) is 10.1. The third-order valence-corrected chi connectivity index (χ3v) is 7.26. The number of likely N-dealkylation sites (N-methyl/N-ethyl adjacent to an activating group) is 1. The first-order valence-corrected chi connectivity index (χ1v) is 12.2. The van der Waals surface area contributed by atoms with Crippen molar-refractivity contribution in [3.63, 3.8) is 0 Å². The lowest BCUT2D eigenvalue weighted by molar-refractivity contribution is 0.198. The Bertz CT molecular complexity index is 602. The largest absolute Gasteiger partial charge is 0.468 e. The molecule has 0 saturated heterocycles. The molecule has 0 amide bonds. The van der Waals surface area contributed by atoms with Gasteiger partial charge in [-0.3, -0.25) is 14.1 Å². The summed E-state index contributed by atoms with van der Waals surface area (Å²) in [4.78, 5) is 7.26. The van der Waals surface area contributed by atoms with E-state index in [0.29, 0.717) is 17.8 Å². The molecule has 1 heterocycles. The molecular weight excluding hydrogens is 372 g/mol. The molecule has 4 unspecified atom stereocenters. The Morgan fingerprint density at radius 1 is 1.32 bits per heavy atom. The van der Waals surface area contributed by atoms with E-state index in [4.69, 9.17) is 9.41 Å². The van der Waals surface area contributed by atoms with E-state index >= 15 is 0 Å². The molecule has 1 aromatic rings. The van der Waals surface area contributed by atoms with Crippen LogP contribution in [0.15, 0.2) is 27.8 Å². The number of nitrogens with one attached hydrogen (secondary N) is 2. The van der Waals surface area contributed by atoms with Crippen LogP contribution in [0.25, 0.3) is 0 Å². The number of nitrogens with zero attached hydrogens (tertiary/aromatic N) is 2. The zero-order valence-corrected chi connectivity index (χ0v) is 18.8. The van der Waals surface area contributed by atoms with E-state index in [0.717, 1.165) is 62.8 Å². The first-order chi connectivity index (χ1) is 13.6. The minimum atomic E-state index is -0.712. The van der Waals surface area contributed by atoms with Crippen molar-refractivity contribution < 1.29 is 8.63 Å².